The average molecular weight is 289 g/mol. The fraction of sp³-hybridized carbons (Fsp3) is 0.500. The molecule has 1 N–H and O–H groups in total. The highest BCUT2D eigenvalue weighted by atomic mass is 16.5. The first kappa shape index (κ1) is 15.7. The van der Waals surface area contributed by atoms with E-state index < -0.39 is 0 Å². The molecular weight excluding hydrogens is 266 g/mol. The van der Waals surface area contributed by atoms with Gasteiger partial charge in [0.25, 0.3) is 0 Å². The summed E-state index contributed by atoms with van der Waals surface area (Å²) in [6.45, 7) is 8.05. The molecule has 0 saturated carbocycles. The molecule has 0 saturated heterocycles. The van der Waals surface area contributed by atoms with Crippen molar-refractivity contribution in [3.63, 3.8) is 0 Å². The molecule has 0 fully saturated rings. The minimum atomic E-state index is 0.0928. The van der Waals surface area contributed by atoms with Crippen molar-refractivity contribution in [3.8, 4) is 0 Å². The highest BCUT2D eigenvalue weighted by molar-refractivity contribution is 5.22. The maximum atomic E-state index is 5.39. The van der Waals surface area contributed by atoms with E-state index in [1.165, 1.54) is 5.56 Å². The second kappa shape index (κ2) is 7.90. The van der Waals surface area contributed by atoms with Crippen LogP contribution in [0, 0.1) is 0 Å². The Morgan fingerprint density at radius 3 is 2.67 bits per heavy atom. The van der Waals surface area contributed by atoms with E-state index in [4.69, 9.17) is 9.26 Å². The van der Waals surface area contributed by atoms with E-state index in [1.54, 1.807) is 0 Å². The number of nitrogens with zero attached hydrogens (tertiary/aromatic N) is 2. The average Bonchev–Trinajstić information content (AvgIpc) is 2.99. The Hall–Kier alpha value is -1.72. The summed E-state index contributed by atoms with van der Waals surface area (Å²) in [6, 6.07) is 10.5. The Labute approximate surface area is 125 Å². The van der Waals surface area contributed by atoms with Crippen LogP contribution in [-0.4, -0.2) is 23.3 Å². The monoisotopic (exact) mass is 289 g/mol. The van der Waals surface area contributed by atoms with Crippen molar-refractivity contribution in [1.29, 1.82) is 0 Å². The van der Waals surface area contributed by atoms with Gasteiger partial charge in [0.1, 0.15) is 6.61 Å². The standard InChI is InChI=1S/C16H23N3O2/c1-4-17-15(13-9-7-6-8-10-13)12(3)16-18-14(19-21-16)11-20-5-2/h6-10,12,15,17H,4-5,11H2,1-3H3. The van der Waals surface area contributed by atoms with Crippen molar-refractivity contribution in [2.75, 3.05) is 13.2 Å². The molecule has 0 radical (unpaired) electrons. The molecular formula is C16H23N3O2. The second-order valence-electron chi connectivity index (χ2n) is 4.92. The quantitative estimate of drug-likeness (QED) is 0.809. The number of ether oxygens (including phenoxy) is 1. The van der Waals surface area contributed by atoms with E-state index in [0.717, 1.165) is 6.54 Å². The summed E-state index contributed by atoms with van der Waals surface area (Å²) in [6.07, 6.45) is 0. The Morgan fingerprint density at radius 1 is 1.24 bits per heavy atom. The van der Waals surface area contributed by atoms with Crippen LogP contribution in [-0.2, 0) is 11.3 Å². The van der Waals surface area contributed by atoms with Crippen LogP contribution in [0.25, 0.3) is 0 Å². The number of likely N-dealkylation sites (N-methyl/N-ethyl adjacent to an activating group) is 1. The lowest BCUT2D eigenvalue weighted by Crippen LogP contribution is -2.26. The predicted octanol–water partition coefficient (Wildman–Crippen LogP) is 3.06. The third-order valence-electron chi connectivity index (χ3n) is 3.39. The van der Waals surface area contributed by atoms with Gasteiger partial charge in [0, 0.05) is 12.6 Å². The molecule has 0 amide bonds. The summed E-state index contributed by atoms with van der Waals surface area (Å²) in [5, 5.41) is 7.46. The van der Waals surface area contributed by atoms with Gasteiger partial charge in [-0.15, -0.1) is 0 Å². The van der Waals surface area contributed by atoms with Crippen LogP contribution in [0.1, 0.15) is 50.0 Å². The van der Waals surface area contributed by atoms with Gasteiger partial charge in [-0.1, -0.05) is 49.3 Å². The van der Waals surface area contributed by atoms with Crippen molar-refractivity contribution in [3.05, 3.63) is 47.6 Å². The fourth-order valence-electron chi connectivity index (χ4n) is 2.31. The Bertz CT molecular complexity index is 527. The van der Waals surface area contributed by atoms with Gasteiger partial charge in [0.2, 0.25) is 5.89 Å². The molecule has 1 heterocycles. The summed E-state index contributed by atoms with van der Waals surface area (Å²) in [5.74, 6) is 1.33. The van der Waals surface area contributed by atoms with Crippen LogP contribution in [0.3, 0.4) is 0 Å². The predicted molar refractivity (Wildman–Crippen MR) is 80.9 cm³/mol. The molecule has 2 atom stereocenters. The first-order valence-electron chi connectivity index (χ1n) is 7.44. The van der Waals surface area contributed by atoms with Crippen molar-refractivity contribution in [2.45, 2.75) is 39.3 Å². The summed E-state index contributed by atoms with van der Waals surface area (Å²) in [5.41, 5.74) is 1.22. The fourth-order valence-corrected chi connectivity index (χ4v) is 2.31. The van der Waals surface area contributed by atoms with E-state index >= 15 is 0 Å². The normalized spacial score (nSPS) is 14.0. The molecule has 5 heteroatoms. The molecule has 0 aliphatic carbocycles. The maximum Gasteiger partial charge on any atom is 0.231 e. The minimum absolute atomic E-state index is 0.0928. The minimum Gasteiger partial charge on any atom is -0.374 e. The third-order valence-corrected chi connectivity index (χ3v) is 3.39. The molecule has 1 aromatic heterocycles. The number of rotatable bonds is 8. The summed E-state index contributed by atoms with van der Waals surface area (Å²) in [7, 11) is 0. The second-order valence-corrected chi connectivity index (χ2v) is 4.92. The topological polar surface area (TPSA) is 60.2 Å². The molecule has 0 bridgehead atoms. The lowest BCUT2D eigenvalue weighted by atomic mass is 9.94. The number of aromatic nitrogens is 2. The first-order valence-corrected chi connectivity index (χ1v) is 7.44. The van der Waals surface area contributed by atoms with Gasteiger partial charge in [-0.25, -0.2) is 0 Å². The number of nitrogens with one attached hydrogen (secondary N) is 1. The zero-order valence-corrected chi connectivity index (χ0v) is 12.9. The molecule has 1 aromatic carbocycles. The summed E-state index contributed by atoms with van der Waals surface area (Å²) < 4.78 is 10.7. The summed E-state index contributed by atoms with van der Waals surface area (Å²) >= 11 is 0. The van der Waals surface area contributed by atoms with E-state index in [2.05, 4.69) is 41.4 Å². The number of hydrogen-bond donors (Lipinski definition) is 1. The van der Waals surface area contributed by atoms with Crippen LogP contribution in [0.4, 0.5) is 0 Å². The molecule has 2 aromatic rings. The SMILES string of the molecule is CCNC(c1ccccc1)C(C)c1nc(COCC)no1. The van der Waals surface area contributed by atoms with Crippen LogP contribution in [0.15, 0.2) is 34.9 Å². The Morgan fingerprint density at radius 2 is 2.00 bits per heavy atom. The maximum absolute atomic E-state index is 5.39. The zero-order valence-electron chi connectivity index (χ0n) is 12.9. The van der Waals surface area contributed by atoms with E-state index in [-0.39, 0.29) is 12.0 Å². The van der Waals surface area contributed by atoms with Gasteiger partial charge in [0.15, 0.2) is 5.82 Å². The molecule has 5 nitrogen and oxygen atoms in total. The lowest BCUT2D eigenvalue weighted by molar-refractivity contribution is 0.126. The van der Waals surface area contributed by atoms with Gasteiger partial charge in [-0.05, 0) is 19.0 Å². The Kier molecular flexibility index (Phi) is 5.90. The van der Waals surface area contributed by atoms with E-state index in [9.17, 15) is 0 Å². The van der Waals surface area contributed by atoms with Crippen molar-refractivity contribution in [2.24, 2.45) is 0 Å². The van der Waals surface area contributed by atoms with Crippen molar-refractivity contribution < 1.29 is 9.26 Å². The summed E-state index contributed by atoms with van der Waals surface area (Å²) in [4.78, 5) is 4.43. The molecule has 114 valence electrons. The molecule has 0 spiro atoms. The lowest BCUT2D eigenvalue weighted by Gasteiger charge is -2.22. The highest BCUT2D eigenvalue weighted by Crippen LogP contribution is 2.29. The van der Waals surface area contributed by atoms with Crippen molar-refractivity contribution >= 4 is 0 Å². The molecule has 0 aliphatic heterocycles. The molecule has 0 aliphatic rings. The molecule has 21 heavy (non-hydrogen) atoms. The van der Waals surface area contributed by atoms with Gasteiger partial charge in [-0.2, -0.15) is 4.98 Å². The van der Waals surface area contributed by atoms with Crippen LogP contribution < -0.4 is 5.32 Å². The smallest absolute Gasteiger partial charge is 0.231 e. The third kappa shape index (κ3) is 4.12. The van der Waals surface area contributed by atoms with Gasteiger partial charge < -0.3 is 14.6 Å². The van der Waals surface area contributed by atoms with Gasteiger partial charge in [0.05, 0.1) is 5.92 Å². The number of benzene rings is 1. The highest BCUT2D eigenvalue weighted by Gasteiger charge is 2.24. The number of hydrogen-bond acceptors (Lipinski definition) is 5. The molecule has 2 rings (SSSR count). The van der Waals surface area contributed by atoms with Crippen molar-refractivity contribution in [1.82, 2.24) is 15.5 Å². The first-order chi connectivity index (χ1) is 10.3. The Balaban J connectivity index is 2.14. The van der Waals surface area contributed by atoms with Gasteiger partial charge >= 0.3 is 0 Å². The van der Waals surface area contributed by atoms with Crippen LogP contribution in [0.5, 0.6) is 0 Å². The largest absolute Gasteiger partial charge is 0.374 e. The van der Waals surface area contributed by atoms with Crippen LogP contribution >= 0.6 is 0 Å². The van der Waals surface area contributed by atoms with Crippen LogP contribution in [0.2, 0.25) is 0 Å². The zero-order chi connectivity index (χ0) is 15.1. The van der Waals surface area contributed by atoms with E-state index in [1.807, 2.05) is 25.1 Å². The van der Waals surface area contributed by atoms with E-state index in [0.29, 0.717) is 24.9 Å². The van der Waals surface area contributed by atoms with Gasteiger partial charge in [-0.3, -0.25) is 0 Å². The molecule has 2 unspecified atom stereocenters.